The fraction of sp³-hybridized carbons (Fsp3) is 1.00. The van der Waals surface area contributed by atoms with E-state index in [1.807, 2.05) is 0 Å². The van der Waals surface area contributed by atoms with Crippen molar-refractivity contribution in [1.29, 1.82) is 0 Å². The molecule has 0 saturated carbocycles. The van der Waals surface area contributed by atoms with E-state index >= 15 is 0 Å². The molecule has 0 aliphatic carbocycles. The summed E-state index contributed by atoms with van der Waals surface area (Å²) in [5, 5.41) is 0. The maximum Gasteiger partial charge on any atom is 0.316 e. The Labute approximate surface area is 65.7 Å². The summed E-state index contributed by atoms with van der Waals surface area (Å²) in [5.41, 5.74) is 0. The predicted octanol–water partition coefficient (Wildman–Crippen LogP) is 1.04. The van der Waals surface area contributed by atoms with Crippen molar-refractivity contribution < 1.29 is 4.29 Å². The molecular formula is C4H11ClMgO. The quantitative estimate of drug-likeness (QED) is 0.414. The van der Waals surface area contributed by atoms with Crippen molar-refractivity contribution in [3.05, 3.63) is 0 Å². The van der Waals surface area contributed by atoms with E-state index in [0.29, 0.717) is 6.61 Å². The van der Waals surface area contributed by atoms with E-state index in [1.165, 1.54) is 0 Å². The smallest absolute Gasteiger partial charge is 0.279 e. The Morgan fingerprint density at radius 1 is 1.57 bits per heavy atom. The lowest BCUT2D eigenvalue weighted by molar-refractivity contribution is 0.341. The fourth-order valence-corrected chi connectivity index (χ4v) is 0.308. The van der Waals surface area contributed by atoms with Gasteiger partial charge in [-0.1, -0.05) is 13.3 Å². The highest BCUT2D eigenvalue weighted by atomic mass is 35.5. The molecule has 0 unspecified atom stereocenters. The average molecular weight is 135 g/mol. The van der Waals surface area contributed by atoms with Crippen molar-refractivity contribution in [2.24, 2.45) is 0 Å². The number of unbranched alkanes of at least 4 members (excludes halogenated alkanes) is 1. The second kappa shape index (κ2) is 10.1. The third-order valence-corrected chi connectivity index (χ3v) is 0.729. The lowest BCUT2D eigenvalue weighted by atomic mass is 10.4. The van der Waals surface area contributed by atoms with Crippen LogP contribution in [0.2, 0.25) is 0 Å². The van der Waals surface area contributed by atoms with Gasteiger partial charge >= 0.3 is 23.1 Å². The topological polar surface area (TPSA) is 9.23 Å². The first-order valence-corrected chi connectivity index (χ1v) is 2.46. The fourth-order valence-electron chi connectivity index (χ4n) is 0.199. The van der Waals surface area contributed by atoms with Crippen LogP contribution in [0.15, 0.2) is 0 Å². The van der Waals surface area contributed by atoms with Gasteiger partial charge in [0.25, 0.3) is 0 Å². The van der Waals surface area contributed by atoms with Crippen LogP contribution < -0.4 is 0 Å². The predicted molar refractivity (Wildman–Crippen MR) is 35.3 cm³/mol. The first-order valence-electron chi connectivity index (χ1n) is 2.15. The Morgan fingerprint density at radius 3 is 2.29 bits per heavy atom. The number of halogens is 1. The van der Waals surface area contributed by atoms with Crippen molar-refractivity contribution in [3.8, 4) is 0 Å². The van der Waals surface area contributed by atoms with Crippen LogP contribution >= 0.6 is 11.9 Å². The van der Waals surface area contributed by atoms with E-state index < -0.39 is 0 Å². The summed E-state index contributed by atoms with van der Waals surface area (Å²) in [6.07, 6.45) is 2.20. The Balaban J connectivity index is 0. The van der Waals surface area contributed by atoms with E-state index in [4.69, 9.17) is 11.9 Å². The second-order valence-corrected chi connectivity index (χ2v) is 1.39. The highest BCUT2D eigenvalue weighted by Gasteiger charge is 1.76. The van der Waals surface area contributed by atoms with Gasteiger partial charge in [0.05, 0.1) is 18.5 Å². The van der Waals surface area contributed by atoms with E-state index in [0.717, 1.165) is 12.8 Å². The molecule has 0 rings (SSSR count). The minimum absolute atomic E-state index is 0. The maximum absolute atomic E-state index is 4.88. The maximum atomic E-state index is 4.88. The highest BCUT2D eigenvalue weighted by Crippen LogP contribution is 1.88. The van der Waals surface area contributed by atoms with Gasteiger partial charge in [0.1, 0.15) is 0 Å². The van der Waals surface area contributed by atoms with Gasteiger partial charge < -0.3 is 0 Å². The zero-order valence-corrected chi connectivity index (χ0v) is 4.66. The summed E-state index contributed by atoms with van der Waals surface area (Å²) in [5.74, 6) is 0. The van der Waals surface area contributed by atoms with Crippen molar-refractivity contribution in [1.82, 2.24) is 0 Å². The average Bonchev–Trinajstić information content (AvgIpc) is 1.61. The van der Waals surface area contributed by atoms with Gasteiger partial charge in [-0.15, -0.1) is 0 Å². The van der Waals surface area contributed by atoms with E-state index in [9.17, 15) is 0 Å². The SMILES string of the molecule is CCCCOCl.[MgH2]. The van der Waals surface area contributed by atoms with Crippen molar-refractivity contribution in [3.63, 3.8) is 0 Å². The van der Waals surface area contributed by atoms with Crippen molar-refractivity contribution in [2.75, 3.05) is 6.61 Å². The van der Waals surface area contributed by atoms with Crippen LogP contribution in [-0.2, 0) is 4.29 Å². The molecule has 7 heavy (non-hydrogen) atoms. The monoisotopic (exact) mass is 134 g/mol. The molecule has 1 nitrogen and oxygen atoms in total. The molecule has 0 atom stereocenters. The normalized spacial score (nSPS) is 7.71. The van der Waals surface area contributed by atoms with Crippen LogP contribution in [0.5, 0.6) is 0 Å². The van der Waals surface area contributed by atoms with E-state index in [2.05, 4.69) is 11.2 Å². The zero-order valence-electron chi connectivity index (χ0n) is 3.91. The summed E-state index contributed by atoms with van der Waals surface area (Å²) in [6.45, 7) is 2.77. The lowest BCUT2D eigenvalue weighted by Crippen LogP contribution is -1.78. The van der Waals surface area contributed by atoms with Gasteiger partial charge in [-0.3, -0.25) is 4.29 Å². The van der Waals surface area contributed by atoms with Crippen LogP contribution in [0.25, 0.3) is 0 Å². The molecule has 0 saturated heterocycles. The standard InChI is InChI=1S/C4H9ClO.Mg.2H/c1-2-3-4-6-5;;;/h2-4H2,1H3;;;. The molecular weight excluding hydrogens is 124 g/mol. The van der Waals surface area contributed by atoms with Crippen LogP contribution in [0.1, 0.15) is 19.8 Å². The summed E-state index contributed by atoms with van der Waals surface area (Å²) >= 11 is 4.88. The molecule has 0 aliphatic rings. The van der Waals surface area contributed by atoms with Crippen molar-refractivity contribution in [2.45, 2.75) is 19.8 Å². The third-order valence-electron chi connectivity index (χ3n) is 0.575. The molecule has 0 heterocycles. The van der Waals surface area contributed by atoms with E-state index in [1.54, 1.807) is 0 Å². The summed E-state index contributed by atoms with van der Waals surface area (Å²) in [7, 11) is 0. The Morgan fingerprint density at radius 2 is 2.14 bits per heavy atom. The van der Waals surface area contributed by atoms with Crippen LogP contribution in [0.4, 0.5) is 0 Å². The summed E-state index contributed by atoms with van der Waals surface area (Å²) < 4.78 is 4.25. The second-order valence-electron chi connectivity index (χ2n) is 1.17. The van der Waals surface area contributed by atoms with Gasteiger partial charge in [0, 0.05) is 0 Å². The molecule has 0 spiro atoms. The number of hydrogen-bond donors (Lipinski definition) is 0. The van der Waals surface area contributed by atoms with Crippen LogP contribution in [0.3, 0.4) is 0 Å². The lowest BCUT2D eigenvalue weighted by Gasteiger charge is -1.86. The Bertz CT molecular complexity index is 23.7. The molecule has 3 heteroatoms. The highest BCUT2D eigenvalue weighted by molar-refractivity contribution is 6.07. The molecule has 0 aromatic rings. The molecule has 0 fully saturated rings. The zero-order chi connectivity index (χ0) is 4.83. The third kappa shape index (κ3) is 10.9. The Hall–Kier alpha value is 1.02. The first kappa shape index (κ1) is 10.9. The largest absolute Gasteiger partial charge is 0.316 e. The Kier molecular flexibility index (Phi) is 15.7. The van der Waals surface area contributed by atoms with Gasteiger partial charge in [-0.2, -0.15) is 0 Å². The van der Waals surface area contributed by atoms with Gasteiger partial charge in [-0.05, 0) is 6.42 Å². The number of hydrogen-bond acceptors (Lipinski definition) is 1. The molecule has 0 amide bonds. The molecule has 42 valence electrons. The summed E-state index contributed by atoms with van der Waals surface area (Å²) in [4.78, 5) is 0. The molecule has 0 aromatic carbocycles. The molecule has 0 N–H and O–H groups in total. The minimum atomic E-state index is 0. The van der Waals surface area contributed by atoms with E-state index in [-0.39, 0.29) is 23.1 Å². The van der Waals surface area contributed by atoms with Gasteiger partial charge in [0.2, 0.25) is 0 Å². The van der Waals surface area contributed by atoms with Gasteiger partial charge in [0.15, 0.2) is 0 Å². The van der Waals surface area contributed by atoms with Crippen LogP contribution in [-0.4, -0.2) is 29.7 Å². The van der Waals surface area contributed by atoms with Crippen LogP contribution in [0, 0.1) is 0 Å². The van der Waals surface area contributed by atoms with Crippen molar-refractivity contribution >= 4 is 34.9 Å². The molecule has 0 bridgehead atoms. The van der Waals surface area contributed by atoms with Gasteiger partial charge in [-0.25, -0.2) is 0 Å². The number of rotatable bonds is 3. The molecule has 0 radical (unpaired) electrons. The minimum Gasteiger partial charge on any atom is -0.279 e. The summed E-state index contributed by atoms with van der Waals surface area (Å²) in [6, 6.07) is 0. The molecule has 0 aromatic heterocycles. The molecule has 0 aliphatic heterocycles. The first-order chi connectivity index (χ1) is 2.91.